The first-order valence-corrected chi connectivity index (χ1v) is 8.31. The summed E-state index contributed by atoms with van der Waals surface area (Å²) in [6.45, 7) is 4.00. The van der Waals surface area contributed by atoms with Crippen LogP contribution in [0.4, 0.5) is 11.5 Å². The first kappa shape index (κ1) is 16.9. The van der Waals surface area contributed by atoms with E-state index >= 15 is 0 Å². The number of aromatic amines is 1. The van der Waals surface area contributed by atoms with Crippen molar-refractivity contribution < 1.29 is 0 Å². The Morgan fingerprint density at radius 3 is 2.60 bits per heavy atom. The van der Waals surface area contributed by atoms with Gasteiger partial charge in [0.2, 0.25) is 0 Å². The largest absolute Gasteiger partial charge is 0.340 e. The highest BCUT2D eigenvalue weighted by atomic mass is 35.5. The molecule has 1 aromatic carbocycles. The SMILES string of the molecule is CC.Clc1cccc(-c2nc(Nc3ccncc3)c3[nH]cnc3n2)c1. The maximum atomic E-state index is 6.06. The average Bonchev–Trinajstić information content (AvgIpc) is 3.13. The molecule has 0 saturated carbocycles. The van der Waals surface area contributed by atoms with Gasteiger partial charge in [0.1, 0.15) is 5.52 Å². The molecule has 0 aliphatic carbocycles. The Balaban J connectivity index is 0.000000880. The minimum Gasteiger partial charge on any atom is -0.340 e. The summed E-state index contributed by atoms with van der Waals surface area (Å²) in [5.74, 6) is 1.21. The molecule has 0 unspecified atom stereocenters. The van der Waals surface area contributed by atoms with Crippen LogP contribution in [0.15, 0.2) is 55.1 Å². The fourth-order valence-corrected chi connectivity index (χ4v) is 2.44. The summed E-state index contributed by atoms with van der Waals surface area (Å²) in [5, 5.41) is 3.90. The lowest BCUT2D eigenvalue weighted by Crippen LogP contribution is -1.99. The van der Waals surface area contributed by atoms with Crippen LogP contribution in [-0.2, 0) is 0 Å². The number of H-pyrrole nitrogens is 1. The molecule has 0 radical (unpaired) electrons. The van der Waals surface area contributed by atoms with Gasteiger partial charge in [-0.15, -0.1) is 0 Å². The van der Waals surface area contributed by atoms with Crippen molar-refractivity contribution in [2.24, 2.45) is 0 Å². The van der Waals surface area contributed by atoms with Crippen LogP contribution in [-0.4, -0.2) is 24.9 Å². The number of imidazole rings is 1. The summed E-state index contributed by atoms with van der Waals surface area (Å²) in [4.78, 5) is 20.4. The molecule has 2 N–H and O–H groups in total. The van der Waals surface area contributed by atoms with Crippen molar-refractivity contribution >= 4 is 34.3 Å². The number of nitrogens with zero attached hydrogens (tertiary/aromatic N) is 4. The number of hydrogen-bond donors (Lipinski definition) is 2. The molecule has 0 atom stereocenters. The van der Waals surface area contributed by atoms with Crippen LogP contribution < -0.4 is 5.32 Å². The molecule has 0 aliphatic heterocycles. The Kier molecular flexibility index (Phi) is 5.20. The summed E-state index contributed by atoms with van der Waals surface area (Å²) in [7, 11) is 0. The van der Waals surface area contributed by atoms with Crippen molar-refractivity contribution in [3.05, 3.63) is 60.1 Å². The van der Waals surface area contributed by atoms with Gasteiger partial charge in [0.25, 0.3) is 0 Å². The minimum atomic E-state index is 0.559. The molecule has 126 valence electrons. The number of rotatable bonds is 3. The Morgan fingerprint density at radius 2 is 1.84 bits per heavy atom. The number of benzene rings is 1. The van der Waals surface area contributed by atoms with Gasteiger partial charge in [-0.1, -0.05) is 37.6 Å². The van der Waals surface area contributed by atoms with Gasteiger partial charge < -0.3 is 10.3 Å². The van der Waals surface area contributed by atoms with Crippen molar-refractivity contribution in [3.63, 3.8) is 0 Å². The predicted molar refractivity (Wildman–Crippen MR) is 101 cm³/mol. The molecule has 7 heteroatoms. The van der Waals surface area contributed by atoms with Crippen molar-refractivity contribution in [2.45, 2.75) is 13.8 Å². The van der Waals surface area contributed by atoms with Gasteiger partial charge >= 0.3 is 0 Å². The molecule has 0 bridgehead atoms. The lowest BCUT2D eigenvalue weighted by Gasteiger charge is -2.08. The number of hydrogen-bond acceptors (Lipinski definition) is 5. The van der Waals surface area contributed by atoms with Crippen LogP contribution in [0.25, 0.3) is 22.6 Å². The highest BCUT2D eigenvalue weighted by Gasteiger charge is 2.12. The normalized spacial score (nSPS) is 10.2. The van der Waals surface area contributed by atoms with Crippen LogP contribution in [0.1, 0.15) is 13.8 Å². The molecule has 3 aromatic heterocycles. The number of aromatic nitrogens is 5. The van der Waals surface area contributed by atoms with Gasteiger partial charge in [-0.25, -0.2) is 15.0 Å². The second-order valence-electron chi connectivity index (χ2n) is 4.87. The van der Waals surface area contributed by atoms with Gasteiger partial charge in [0.05, 0.1) is 6.33 Å². The fraction of sp³-hybridized carbons (Fsp3) is 0.111. The Labute approximate surface area is 150 Å². The maximum absolute atomic E-state index is 6.06. The number of nitrogens with one attached hydrogen (secondary N) is 2. The van der Waals surface area contributed by atoms with Crippen LogP contribution in [0.3, 0.4) is 0 Å². The molecule has 25 heavy (non-hydrogen) atoms. The van der Waals surface area contributed by atoms with Gasteiger partial charge in [-0.05, 0) is 24.3 Å². The number of pyridine rings is 1. The summed E-state index contributed by atoms with van der Waals surface area (Å²) in [5.41, 5.74) is 3.05. The average molecular weight is 353 g/mol. The fourth-order valence-electron chi connectivity index (χ4n) is 2.25. The van der Waals surface area contributed by atoms with E-state index in [0.717, 1.165) is 16.8 Å². The van der Waals surface area contributed by atoms with Crippen molar-refractivity contribution in [1.82, 2.24) is 24.9 Å². The van der Waals surface area contributed by atoms with Gasteiger partial charge in [0.15, 0.2) is 17.3 Å². The first-order valence-electron chi connectivity index (χ1n) is 7.94. The van der Waals surface area contributed by atoms with Crippen LogP contribution in [0.5, 0.6) is 0 Å². The summed E-state index contributed by atoms with van der Waals surface area (Å²) in [6, 6.07) is 11.1. The van der Waals surface area contributed by atoms with E-state index in [0.29, 0.717) is 22.3 Å². The number of anilines is 2. The van der Waals surface area contributed by atoms with E-state index < -0.39 is 0 Å². The molecule has 0 saturated heterocycles. The zero-order valence-electron chi connectivity index (χ0n) is 13.9. The monoisotopic (exact) mass is 352 g/mol. The molecular weight excluding hydrogens is 336 g/mol. The zero-order valence-corrected chi connectivity index (χ0v) is 14.6. The third-order valence-corrected chi connectivity index (χ3v) is 3.55. The van der Waals surface area contributed by atoms with E-state index in [4.69, 9.17) is 11.6 Å². The Morgan fingerprint density at radius 1 is 1.04 bits per heavy atom. The van der Waals surface area contributed by atoms with Crippen LogP contribution in [0.2, 0.25) is 5.02 Å². The topological polar surface area (TPSA) is 79.4 Å². The van der Waals surface area contributed by atoms with Crippen LogP contribution in [0, 0.1) is 0 Å². The molecule has 4 aromatic rings. The van der Waals surface area contributed by atoms with E-state index in [1.807, 2.05) is 50.2 Å². The standard InChI is InChI=1S/C16H11ClN6.C2H6/c17-11-3-1-2-10(8-11)14-22-15-13(19-9-20-15)16(23-14)21-12-4-6-18-7-5-12;1-2/h1-9H,(H2,18,19,20,21,22,23);1-2H3. The van der Waals surface area contributed by atoms with Crippen LogP contribution >= 0.6 is 11.6 Å². The van der Waals surface area contributed by atoms with Crippen molar-refractivity contribution in [3.8, 4) is 11.4 Å². The Bertz CT molecular complexity index is 968. The van der Waals surface area contributed by atoms with Gasteiger partial charge in [0, 0.05) is 28.7 Å². The molecule has 0 spiro atoms. The predicted octanol–water partition coefficient (Wildman–Crippen LogP) is 4.84. The second-order valence-corrected chi connectivity index (χ2v) is 5.30. The molecule has 4 rings (SSSR count). The summed E-state index contributed by atoms with van der Waals surface area (Å²) < 4.78 is 0. The summed E-state index contributed by atoms with van der Waals surface area (Å²) in [6.07, 6.45) is 5.02. The first-order chi connectivity index (χ1) is 12.3. The Hall–Kier alpha value is -2.99. The quantitative estimate of drug-likeness (QED) is 0.551. The van der Waals surface area contributed by atoms with E-state index in [2.05, 4.69) is 30.2 Å². The summed E-state index contributed by atoms with van der Waals surface area (Å²) >= 11 is 6.06. The molecular formula is C18H17ClN6. The van der Waals surface area contributed by atoms with E-state index in [-0.39, 0.29) is 0 Å². The highest BCUT2D eigenvalue weighted by Crippen LogP contribution is 2.26. The van der Waals surface area contributed by atoms with E-state index in [1.54, 1.807) is 18.7 Å². The highest BCUT2D eigenvalue weighted by molar-refractivity contribution is 6.30. The zero-order chi connectivity index (χ0) is 17.6. The minimum absolute atomic E-state index is 0.559. The third kappa shape index (κ3) is 3.75. The van der Waals surface area contributed by atoms with Crippen molar-refractivity contribution in [1.29, 1.82) is 0 Å². The molecule has 0 fully saturated rings. The van der Waals surface area contributed by atoms with Gasteiger partial charge in [-0.3, -0.25) is 4.98 Å². The van der Waals surface area contributed by atoms with Gasteiger partial charge in [-0.2, -0.15) is 0 Å². The molecule has 6 nitrogen and oxygen atoms in total. The van der Waals surface area contributed by atoms with E-state index in [1.165, 1.54) is 0 Å². The number of fused-ring (bicyclic) bond motifs is 1. The third-order valence-electron chi connectivity index (χ3n) is 3.31. The number of halogens is 1. The molecule has 3 heterocycles. The van der Waals surface area contributed by atoms with Crippen molar-refractivity contribution in [2.75, 3.05) is 5.32 Å². The maximum Gasteiger partial charge on any atom is 0.183 e. The van der Waals surface area contributed by atoms with E-state index in [9.17, 15) is 0 Å². The lowest BCUT2D eigenvalue weighted by atomic mass is 10.2. The lowest BCUT2D eigenvalue weighted by molar-refractivity contribution is 1.20. The molecule has 0 aliphatic rings. The second kappa shape index (κ2) is 7.72. The molecule has 0 amide bonds. The smallest absolute Gasteiger partial charge is 0.183 e.